The van der Waals surface area contributed by atoms with Gasteiger partial charge in [0.25, 0.3) is 5.91 Å². The summed E-state index contributed by atoms with van der Waals surface area (Å²) < 4.78 is 10.3. The van der Waals surface area contributed by atoms with Gasteiger partial charge in [0, 0.05) is 18.2 Å². The van der Waals surface area contributed by atoms with Gasteiger partial charge in [-0.15, -0.1) is 0 Å². The van der Waals surface area contributed by atoms with E-state index < -0.39 is 46.7 Å². The minimum Gasteiger partial charge on any atom is -0.479 e. The molecule has 1 unspecified atom stereocenters. The lowest BCUT2D eigenvalue weighted by Crippen LogP contribution is -2.50. The van der Waals surface area contributed by atoms with Crippen LogP contribution in [-0.2, 0) is 14.3 Å². The number of ether oxygens (including phenoxy) is 2. The number of esters is 1. The predicted molar refractivity (Wildman–Crippen MR) is 101 cm³/mol. The van der Waals surface area contributed by atoms with Crippen LogP contribution in [0.4, 0.5) is 5.69 Å². The van der Waals surface area contributed by atoms with Gasteiger partial charge in [-0.1, -0.05) is 0 Å². The summed E-state index contributed by atoms with van der Waals surface area (Å²) in [5, 5.41) is 20.0. The molecule has 1 aromatic carbocycles. The minimum atomic E-state index is -1.28. The second kappa shape index (κ2) is 8.89. The average Bonchev–Trinajstić information content (AvgIpc) is 2.64. The Morgan fingerprint density at radius 1 is 1.28 bits per heavy atom. The van der Waals surface area contributed by atoms with Gasteiger partial charge in [-0.2, -0.15) is 0 Å². The topological polar surface area (TPSA) is 136 Å². The van der Waals surface area contributed by atoms with E-state index in [9.17, 15) is 24.5 Å². The molecule has 1 fully saturated rings. The lowest BCUT2D eigenvalue weighted by molar-refractivity contribution is -0.385. The van der Waals surface area contributed by atoms with E-state index >= 15 is 0 Å². The zero-order valence-corrected chi connectivity index (χ0v) is 16.5. The third-order valence-electron chi connectivity index (χ3n) is 4.20. The van der Waals surface area contributed by atoms with Crippen molar-refractivity contribution in [2.45, 2.75) is 51.7 Å². The van der Waals surface area contributed by atoms with Crippen LogP contribution in [0, 0.1) is 10.1 Å². The van der Waals surface area contributed by atoms with Crippen LogP contribution in [0.3, 0.4) is 0 Å². The monoisotopic (exact) mass is 408 g/mol. The van der Waals surface area contributed by atoms with Gasteiger partial charge < -0.3 is 19.5 Å². The number of carbonyl (C=O) groups is 3. The highest BCUT2D eigenvalue weighted by Gasteiger charge is 2.36. The third kappa shape index (κ3) is 5.90. The van der Waals surface area contributed by atoms with Gasteiger partial charge in [-0.05, 0) is 52.2 Å². The number of nitro benzene ring substituents is 1. The van der Waals surface area contributed by atoms with Crippen molar-refractivity contribution in [3.05, 3.63) is 33.9 Å². The summed E-state index contributed by atoms with van der Waals surface area (Å²) in [7, 11) is 0. The summed E-state index contributed by atoms with van der Waals surface area (Å²) in [6.45, 7) is 4.78. The fourth-order valence-corrected chi connectivity index (χ4v) is 3.01. The fourth-order valence-electron chi connectivity index (χ4n) is 3.01. The van der Waals surface area contributed by atoms with E-state index in [1.807, 2.05) is 0 Å². The van der Waals surface area contributed by atoms with Crippen molar-refractivity contribution in [3.63, 3.8) is 0 Å². The summed E-state index contributed by atoms with van der Waals surface area (Å²) >= 11 is 0. The highest BCUT2D eigenvalue weighted by molar-refractivity contribution is 5.97. The molecule has 158 valence electrons. The molecule has 1 N–H and O–H groups in total. The largest absolute Gasteiger partial charge is 0.479 e. The van der Waals surface area contributed by atoms with E-state index in [-0.39, 0.29) is 11.3 Å². The normalized spacial score (nSPS) is 16.8. The summed E-state index contributed by atoms with van der Waals surface area (Å²) in [5.41, 5.74) is -1.22. The molecule has 1 saturated heterocycles. The first-order valence-electron chi connectivity index (χ1n) is 9.16. The highest BCUT2D eigenvalue weighted by Crippen LogP contribution is 2.30. The molecule has 10 heteroatoms. The van der Waals surface area contributed by atoms with Gasteiger partial charge >= 0.3 is 17.6 Å². The molecule has 0 bridgehead atoms. The first-order valence-corrected chi connectivity index (χ1v) is 9.16. The maximum Gasteiger partial charge on any atom is 0.341 e. The second-order valence-corrected chi connectivity index (χ2v) is 7.67. The Kier molecular flexibility index (Phi) is 6.78. The zero-order chi connectivity index (χ0) is 21.8. The van der Waals surface area contributed by atoms with Gasteiger partial charge in [-0.3, -0.25) is 14.9 Å². The van der Waals surface area contributed by atoms with Crippen molar-refractivity contribution in [1.82, 2.24) is 4.90 Å². The maximum absolute atomic E-state index is 13.0. The fraction of sp³-hybridized carbons (Fsp3) is 0.526. The van der Waals surface area contributed by atoms with Crippen molar-refractivity contribution in [3.8, 4) is 5.75 Å². The smallest absolute Gasteiger partial charge is 0.341 e. The molecule has 1 amide bonds. The zero-order valence-electron chi connectivity index (χ0n) is 16.5. The number of piperidine rings is 1. The van der Waals surface area contributed by atoms with Crippen molar-refractivity contribution >= 4 is 23.5 Å². The summed E-state index contributed by atoms with van der Waals surface area (Å²) in [4.78, 5) is 48.1. The lowest BCUT2D eigenvalue weighted by Gasteiger charge is -2.35. The third-order valence-corrected chi connectivity index (χ3v) is 4.20. The molecule has 0 spiro atoms. The number of benzene rings is 1. The number of carboxylic acids is 1. The van der Waals surface area contributed by atoms with E-state index in [0.29, 0.717) is 19.4 Å². The van der Waals surface area contributed by atoms with Crippen LogP contribution in [-0.4, -0.2) is 57.6 Å². The minimum absolute atomic E-state index is 0.00911. The molecule has 10 nitrogen and oxygen atoms in total. The number of carboxylic acid groups (broad SMARTS) is 1. The van der Waals surface area contributed by atoms with Crippen LogP contribution in [0.5, 0.6) is 5.75 Å². The number of hydrogen-bond acceptors (Lipinski definition) is 7. The van der Waals surface area contributed by atoms with Crippen molar-refractivity contribution in [2.75, 3.05) is 13.2 Å². The average molecular weight is 408 g/mol. The first-order chi connectivity index (χ1) is 13.5. The van der Waals surface area contributed by atoms with Gasteiger partial charge in [0.05, 0.1) is 4.92 Å². The SMILES string of the molecule is CC(C)(C)OC(=O)C1CCCCN1C(=O)c1ccc(OCC(=O)O)c([N+](=O)[O-])c1. The first kappa shape index (κ1) is 22.1. The molecule has 2 rings (SSSR count). The number of nitrogens with zero attached hydrogens (tertiary/aromatic N) is 2. The summed E-state index contributed by atoms with van der Waals surface area (Å²) in [6, 6.07) is 2.76. The predicted octanol–water partition coefficient (Wildman–Crippen LogP) is 2.39. The molecule has 0 aliphatic carbocycles. The highest BCUT2D eigenvalue weighted by atomic mass is 16.6. The van der Waals surface area contributed by atoms with Crippen LogP contribution in [0.25, 0.3) is 0 Å². The molecule has 1 heterocycles. The van der Waals surface area contributed by atoms with E-state index in [4.69, 9.17) is 14.6 Å². The standard InChI is InChI=1S/C19H24N2O8/c1-19(2,3)29-18(25)13-6-4-5-9-20(13)17(24)12-7-8-15(28-11-16(22)23)14(10-12)21(26)27/h7-8,10,13H,4-6,9,11H2,1-3H3,(H,22,23). The van der Waals surface area contributed by atoms with Gasteiger partial charge in [0.2, 0.25) is 0 Å². The van der Waals surface area contributed by atoms with E-state index in [1.165, 1.54) is 17.0 Å². The number of aliphatic carboxylic acids is 1. The Morgan fingerprint density at radius 2 is 1.97 bits per heavy atom. The van der Waals surface area contributed by atoms with Crippen LogP contribution in [0.15, 0.2) is 18.2 Å². The van der Waals surface area contributed by atoms with Crippen molar-refractivity contribution in [2.24, 2.45) is 0 Å². The number of likely N-dealkylation sites (tertiary alicyclic amines) is 1. The molecule has 1 atom stereocenters. The van der Waals surface area contributed by atoms with Gasteiger partial charge in [0.15, 0.2) is 12.4 Å². The van der Waals surface area contributed by atoms with Crippen LogP contribution >= 0.6 is 0 Å². The second-order valence-electron chi connectivity index (χ2n) is 7.67. The molecule has 0 saturated carbocycles. The molecule has 1 aliphatic heterocycles. The summed E-state index contributed by atoms with van der Waals surface area (Å²) in [6.07, 6.45) is 1.91. The maximum atomic E-state index is 13.0. The van der Waals surface area contributed by atoms with E-state index in [2.05, 4.69) is 0 Å². The molecule has 1 aliphatic rings. The quantitative estimate of drug-likeness (QED) is 0.430. The Labute approximate surface area is 167 Å². The molecule has 1 aromatic rings. The van der Waals surface area contributed by atoms with Crippen LogP contribution < -0.4 is 4.74 Å². The molecular weight excluding hydrogens is 384 g/mol. The Hall–Kier alpha value is -3.17. The van der Waals surface area contributed by atoms with E-state index in [0.717, 1.165) is 12.5 Å². The van der Waals surface area contributed by atoms with E-state index in [1.54, 1.807) is 20.8 Å². The number of rotatable bonds is 6. The Morgan fingerprint density at radius 3 is 2.55 bits per heavy atom. The lowest BCUT2D eigenvalue weighted by atomic mass is 10.00. The van der Waals surface area contributed by atoms with Crippen LogP contribution in [0.1, 0.15) is 50.4 Å². The van der Waals surface area contributed by atoms with Crippen molar-refractivity contribution in [1.29, 1.82) is 0 Å². The van der Waals surface area contributed by atoms with Gasteiger partial charge in [-0.25, -0.2) is 9.59 Å². The molecule has 0 aromatic heterocycles. The van der Waals surface area contributed by atoms with Crippen LogP contribution in [0.2, 0.25) is 0 Å². The molecule has 29 heavy (non-hydrogen) atoms. The van der Waals surface area contributed by atoms with Crippen molar-refractivity contribution < 1.29 is 33.9 Å². The van der Waals surface area contributed by atoms with Gasteiger partial charge in [0.1, 0.15) is 11.6 Å². The summed E-state index contributed by atoms with van der Waals surface area (Å²) in [5.74, 6) is -2.58. The number of carbonyl (C=O) groups excluding carboxylic acids is 2. The number of nitro groups is 1. The number of amides is 1. The Balaban J connectivity index is 2.28. The molecular formula is C19H24N2O8. The Bertz CT molecular complexity index is 815. The molecule has 0 radical (unpaired) electrons. The number of hydrogen-bond donors (Lipinski definition) is 1.